The molecular formula is C23H30Cl2N2O6S. The van der Waals surface area contributed by atoms with Crippen molar-refractivity contribution < 1.29 is 26.9 Å². The van der Waals surface area contributed by atoms with Gasteiger partial charge in [0, 0.05) is 57.7 Å². The van der Waals surface area contributed by atoms with Gasteiger partial charge in [0.25, 0.3) is 0 Å². The lowest BCUT2D eigenvalue weighted by molar-refractivity contribution is -0.136. The van der Waals surface area contributed by atoms with Gasteiger partial charge < -0.3 is 23.5 Å². The first-order valence-electron chi connectivity index (χ1n) is 10.7. The molecule has 0 saturated heterocycles. The van der Waals surface area contributed by atoms with Crippen molar-refractivity contribution in [3.05, 3.63) is 52.0 Å². The largest absolute Gasteiger partial charge is 0.383 e. The van der Waals surface area contributed by atoms with Crippen molar-refractivity contribution in [1.29, 1.82) is 0 Å². The molecule has 0 aliphatic carbocycles. The second-order valence-electron chi connectivity index (χ2n) is 7.32. The lowest BCUT2D eigenvalue weighted by Crippen LogP contribution is -2.36. The Morgan fingerprint density at radius 1 is 0.971 bits per heavy atom. The number of halogens is 2. The summed E-state index contributed by atoms with van der Waals surface area (Å²) < 4.78 is 41.8. The Labute approximate surface area is 211 Å². The van der Waals surface area contributed by atoms with Crippen molar-refractivity contribution in [2.75, 3.05) is 52.0 Å². The van der Waals surface area contributed by atoms with E-state index < -0.39 is 10.1 Å². The fourth-order valence-corrected chi connectivity index (χ4v) is 4.60. The third kappa shape index (κ3) is 7.48. The van der Waals surface area contributed by atoms with Crippen LogP contribution < -0.4 is 9.08 Å². The molecule has 2 aromatic rings. The summed E-state index contributed by atoms with van der Waals surface area (Å²) in [4.78, 5) is 16.0. The highest BCUT2D eigenvalue weighted by Crippen LogP contribution is 2.31. The third-order valence-electron chi connectivity index (χ3n) is 5.11. The quantitative estimate of drug-likeness (QED) is 0.357. The van der Waals surface area contributed by atoms with Crippen LogP contribution in [0.3, 0.4) is 0 Å². The first kappa shape index (κ1) is 28.2. The van der Waals surface area contributed by atoms with E-state index in [1.165, 1.54) is 37.3 Å². The van der Waals surface area contributed by atoms with Crippen LogP contribution in [-0.2, 0) is 30.9 Å². The van der Waals surface area contributed by atoms with Gasteiger partial charge in [0.15, 0.2) is 0 Å². The van der Waals surface area contributed by atoms with Crippen molar-refractivity contribution in [3.63, 3.8) is 0 Å². The summed E-state index contributed by atoms with van der Waals surface area (Å²) in [5.74, 6) is -0.145. The van der Waals surface area contributed by atoms with Gasteiger partial charge in [0.1, 0.15) is 17.3 Å². The first-order chi connectivity index (χ1) is 16.2. The Bertz CT molecular complexity index is 1080. The maximum absolute atomic E-state index is 13.1. The van der Waals surface area contributed by atoms with Crippen LogP contribution >= 0.6 is 23.2 Å². The molecule has 188 valence electrons. The first-order valence-corrected chi connectivity index (χ1v) is 12.9. The SMILES string of the molecule is CCN(CC)c1ccc(CN(CCOC)C(=O)COC)c(OS(=O)(=O)c2ccc(Cl)c(Cl)c2)c1. The maximum Gasteiger partial charge on any atom is 0.339 e. The fourth-order valence-electron chi connectivity index (χ4n) is 3.25. The summed E-state index contributed by atoms with van der Waals surface area (Å²) in [5, 5.41) is 0.328. The molecule has 2 rings (SSSR count). The van der Waals surface area contributed by atoms with E-state index in [4.69, 9.17) is 36.9 Å². The standard InChI is InChI=1S/C23H30Cl2N2O6S/c1-5-26(6-2)18-8-7-17(15-27(11-12-31-3)23(28)16-32-4)22(13-18)33-34(29,30)19-9-10-20(24)21(25)14-19/h7-10,13-14H,5-6,11-12,15-16H2,1-4H3. The Hall–Kier alpha value is -2.04. The molecule has 0 aliphatic rings. The molecule has 11 heteroatoms. The van der Waals surface area contributed by atoms with Gasteiger partial charge in [-0.15, -0.1) is 0 Å². The van der Waals surface area contributed by atoms with Crippen LogP contribution in [0.2, 0.25) is 10.0 Å². The van der Waals surface area contributed by atoms with Crippen LogP contribution in [0.4, 0.5) is 5.69 Å². The molecule has 0 radical (unpaired) electrons. The number of rotatable bonds is 13. The fraction of sp³-hybridized carbons (Fsp3) is 0.435. The number of hydrogen-bond acceptors (Lipinski definition) is 7. The van der Waals surface area contributed by atoms with Crippen LogP contribution in [0.25, 0.3) is 0 Å². The zero-order chi connectivity index (χ0) is 25.3. The van der Waals surface area contributed by atoms with E-state index in [-0.39, 0.29) is 39.7 Å². The minimum Gasteiger partial charge on any atom is -0.383 e. The maximum atomic E-state index is 13.1. The normalized spacial score (nSPS) is 11.4. The zero-order valence-electron chi connectivity index (χ0n) is 19.7. The molecular weight excluding hydrogens is 503 g/mol. The monoisotopic (exact) mass is 532 g/mol. The van der Waals surface area contributed by atoms with E-state index in [9.17, 15) is 13.2 Å². The van der Waals surface area contributed by atoms with E-state index >= 15 is 0 Å². The van der Waals surface area contributed by atoms with Gasteiger partial charge in [-0.25, -0.2) is 0 Å². The molecule has 8 nitrogen and oxygen atoms in total. The van der Waals surface area contributed by atoms with Crippen molar-refractivity contribution in [2.45, 2.75) is 25.3 Å². The molecule has 0 aliphatic heterocycles. The average molecular weight is 533 g/mol. The predicted octanol–water partition coefficient (Wildman–Crippen LogP) is 4.23. The van der Waals surface area contributed by atoms with Crippen molar-refractivity contribution in [3.8, 4) is 5.75 Å². The molecule has 0 bridgehead atoms. The number of hydrogen-bond donors (Lipinski definition) is 0. The number of amides is 1. The van der Waals surface area contributed by atoms with Crippen LogP contribution in [0, 0.1) is 0 Å². The summed E-state index contributed by atoms with van der Waals surface area (Å²) >= 11 is 11.9. The number of methoxy groups -OCH3 is 2. The highest BCUT2D eigenvalue weighted by molar-refractivity contribution is 7.87. The van der Waals surface area contributed by atoms with Gasteiger partial charge in [-0.2, -0.15) is 8.42 Å². The number of carbonyl (C=O) groups excluding carboxylic acids is 1. The Morgan fingerprint density at radius 3 is 2.26 bits per heavy atom. The van der Waals surface area contributed by atoms with E-state index in [1.54, 1.807) is 12.1 Å². The Balaban J connectivity index is 2.49. The molecule has 0 unspecified atom stereocenters. The van der Waals surface area contributed by atoms with Gasteiger partial charge in [0.2, 0.25) is 5.91 Å². The van der Waals surface area contributed by atoms with E-state index in [0.717, 1.165) is 18.8 Å². The molecule has 0 saturated carbocycles. The van der Waals surface area contributed by atoms with Gasteiger partial charge in [-0.1, -0.05) is 29.3 Å². The average Bonchev–Trinajstić information content (AvgIpc) is 2.80. The molecule has 0 spiro atoms. The van der Waals surface area contributed by atoms with Gasteiger partial charge >= 0.3 is 10.1 Å². The highest BCUT2D eigenvalue weighted by Gasteiger charge is 2.23. The van der Waals surface area contributed by atoms with Crippen molar-refractivity contribution in [1.82, 2.24) is 4.90 Å². The second-order valence-corrected chi connectivity index (χ2v) is 9.68. The van der Waals surface area contributed by atoms with Crippen molar-refractivity contribution >= 4 is 44.9 Å². The number of carbonyl (C=O) groups is 1. The minimum absolute atomic E-state index is 0.0966. The zero-order valence-corrected chi connectivity index (χ0v) is 22.0. The van der Waals surface area contributed by atoms with Gasteiger partial charge in [-0.3, -0.25) is 4.79 Å². The molecule has 1 amide bonds. The predicted molar refractivity (Wildman–Crippen MR) is 133 cm³/mol. The number of benzene rings is 2. The highest BCUT2D eigenvalue weighted by atomic mass is 35.5. The van der Waals surface area contributed by atoms with Crippen LogP contribution in [0.1, 0.15) is 19.4 Å². The minimum atomic E-state index is -4.23. The molecule has 0 aromatic heterocycles. The summed E-state index contributed by atoms with van der Waals surface area (Å²) in [6, 6.07) is 9.24. The Morgan fingerprint density at radius 2 is 1.68 bits per heavy atom. The number of anilines is 1. The molecule has 0 heterocycles. The van der Waals surface area contributed by atoms with E-state index in [0.29, 0.717) is 18.7 Å². The molecule has 0 fully saturated rings. The summed E-state index contributed by atoms with van der Waals surface area (Å²) in [6.07, 6.45) is 0. The molecule has 0 atom stereocenters. The number of ether oxygens (including phenoxy) is 2. The van der Waals surface area contributed by atoms with Crippen molar-refractivity contribution in [2.24, 2.45) is 0 Å². The third-order valence-corrected chi connectivity index (χ3v) is 7.07. The molecule has 0 N–H and O–H groups in total. The second kappa shape index (κ2) is 13.2. The molecule has 2 aromatic carbocycles. The summed E-state index contributed by atoms with van der Waals surface area (Å²) in [5.41, 5.74) is 1.31. The Kier molecular flexibility index (Phi) is 10.9. The topological polar surface area (TPSA) is 85.4 Å². The number of nitrogens with zero attached hydrogens (tertiary/aromatic N) is 2. The van der Waals surface area contributed by atoms with Gasteiger partial charge in [-0.05, 0) is 38.1 Å². The van der Waals surface area contributed by atoms with Crippen LogP contribution in [-0.4, -0.2) is 66.3 Å². The molecule has 34 heavy (non-hydrogen) atoms. The van der Waals surface area contributed by atoms with E-state index in [1.807, 2.05) is 19.9 Å². The van der Waals surface area contributed by atoms with Crippen LogP contribution in [0.15, 0.2) is 41.3 Å². The van der Waals surface area contributed by atoms with E-state index in [2.05, 4.69) is 4.90 Å². The lowest BCUT2D eigenvalue weighted by atomic mass is 10.1. The van der Waals surface area contributed by atoms with Crippen LogP contribution in [0.5, 0.6) is 5.75 Å². The van der Waals surface area contributed by atoms with Gasteiger partial charge in [0.05, 0.1) is 16.7 Å². The summed E-state index contributed by atoms with van der Waals surface area (Å²) in [6.45, 7) is 6.05. The summed E-state index contributed by atoms with van der Waals surface area (Å²) in [7, 11) is -1.26. The lowest BCUT2D eigenvalue weighted by Gasteiger charge is -2.25. The smallest absolute Gasteiger partial charge is 0.339 e.